The Morgan fingerprint density at radius 2 is 1.66 bits per heavy atom. The summed E-state index contributed by atoms with van der Waals surface area (Å²) in [5, 5.41) is 4.42. The standard InChI is InChI=1S/C25H22N2O2/c1-17-8-9-21-15-24(20-10-12-22(13-11-20)26-18(2)28)27(25(29)23(21)14-17)16-19-6-4-3-5-7-19/h3-15H,16H2,1-2H3,(H,26,28). The number of anilines is 1. The second-order valence-electron chi connectivity index (χ2n) is 7.26. The lowest BCUT2D eigenvalue weighted by Crippen LogP contribution is -2.22. The van der Waals surface area contributed by atoms with Crippen molar-refractivity contribution in [2.75, 3.05) is 5.32 Å². The van der Waals surface area contributed by atoms with E-state index in [1.165, 1.54) is 6.92 Å². The minimum Gasteiger partial charge on any atom is -0.326 e. The Kier molecular flexibility index (Phi) is 5.00. The van der Waals surface area contributed by atoms with Gasteiger partial charge in [-0.3, -0.25) is 9.59 Å². The van der Waals surface area contributed by atoms with Gasteiger partial charge in [0, 0.05) is 18.0 Å². The first-order chi connectivity index (χ1) is 14.0. The van der Waals surface area contributed by atoms with Gasteiger partial charge in [0.05, 0.1) is 12.2 Å². The van der Waals surface area contributed by atoms with E-state index in [4.69, 9.17) is 0 Å². The molecule has 1 heterocycles. The number of amides is 1. The Bertz CT molecular complexity index is 1240. The van der Waals surface area contributed by atoms with Crippen molar-refractivity contribution < 1.29 is 4.79 Å². The van der Waals surface area contributed by atoms with Crippen molar-refractivity contribution in [2.24, 2.45) is 0 Å². The first-order valence-electron chi connectivity index (χ1n) is 9.57. The summed E-state index contributed by atoms with van der Waals surface area (Å²) in [6, 6.07) is 25.6. The predicted octanol–water partition coefficient (Wildman–Crippen LogP) is 4.98. The number of aryl methyl sites for hydroxylation is 1. The van der Waals surface area contributed by atoms with Crippen LogP contribution < -0.4 is 10.9 Å². The van der Waals surface area contributed by atoms with E-state index >= 15 is 0 Å². The lowest BCUT2D eigenvalue weighted by atomic mass is 10.0. The molecule has 0 spiro atoms. The summed E-state index contributed by atoms with van der Waals surface area (Å²) in [5.41, 5.74) is 4.63. The van der Waals surface area contributed by atoms with Gasteiger partial charge in [-0.1, -0.05) is 60.2 Å². The molecule has 4 aromatic rings. The molecule has 144 valence electrons. The Labute approximate surface area is 169 Å². The summed E-state index contributed by atoms with van der Waals surface area (Å²) in [6.45, 7) is 3.97. The minimum atomic E-state index is -0.111. The maximum absolute atomic E-state index is 13.4. The van der Waals surface area contributed by atoms with Crippen molar-refractivity contribution in [3.8, 4) is 11.3 Å². The Hall–Kier alpha value is -3.66. The van der Waals surface area contributed by atoms with Crippen LogP contribution >= 0.6 is 0 Å². The molecule has 0 unspecified atom stereocenters. The van der Waals surface area contributed by atoms with Crippen LogP contribution in [0.4, 0.5) is 5.69 Å². The van der Waals surface area contributed by atoms with Crippen LogP contribution in [0.1, 0.15) is 18.1 Å². The van der Waals surface area contributed by atoms with Crippen LogP contribution in [0.2, 0.25) is 0 Å². The molecule has 4 rings (SSSR count). The molecule has 4 nitrogen and oxygen atoms in total. The van der Waals surface area contributed by atoms with Crippen LogP contribution in [0.5, 0.6) is 0 Å². The maximum atomic E-state index is 13.4. The molecule has 0 aliphatic heterocycles. The molecule has 0 aliphatic carbocycles. The third kappa shape index (κ3) is 3.97. The largest absolute Gasteiger partial charge is 0.326 e. The third-order valence-corrected chi connectivity index (χ3v) is 4.95. The fourth-order valence-corrected chi connectivity index (χ4v) is 3.55. The van der Waals surface area contributed by atoms with Gasteiger partial charge in [0.15, 0.2) is 0 Å². The van der Waals surface area contributed by atoms with E-state index in [-0.39, 0.29) is 11.5 Å². The molecule has 0 bridgehead atoms. The van der Waals surface area contributed by atoms with Gasteiger partial charge in [-0.15, -0.1) is 0 Å². The zero-order valence-corrected chi connectivity index (χ0v) is 16.5. The molecular formula is C25H22N2O2. The summed E-state index contributed by atoms with van der Waals surface area (Å²) >= 11 is 0. The molecule has 0 fully saturated rings. The van der Waals surface area contributed by atoms with Gasteiger partial charge in [-0.05, 0) is 47.7 Å². The highest BCUT2D eigenvalue weighted by Gasteiger charge is 2.12. The van der Waals surface area contributed by atoms with Crippen LogP contribution in [0, 0.1) is 6.92 Å². The normalized spacial score (nSPS) is 10.8. The second-order valence-corrected chi connectivity index (χ2v) is 7.26. The SMILES string of the molecule is CC(=O)Nc1ccc(-c2cc3ccc(C)cc3c(=O)n2Cc2ccccc2)cc1. The molecule has 1 aromatic heterocycles. The summed E-state index contributed by atoms with van der Waals surface area (Å²) in [7, 11) is 0. The fourth-order valence-electron chi connectivity index (χ4n) is 3.55. The van der Waals surface area contributed by atoms with E-state index in [0.29, 0.717) is 6.54 Å². The van der Waals surface area contributed by atoms with Crippen molar-refractivity contribution in [1.82, 2.24) is 4.57 Å². The number of carbonyl (C=O) groups is 1. The van der Waals surface area contributed by atoms with E-state index in [9.17, 15) is 9.59 Å². The van der Waals surface area contributed by atoms with Crippen LogP contribution in [0.3, 0.4) is 0 Å². The predicted molar refractivity (Wildman–Crippen MR) is 118 cm³/mol. The number of carbonyl (C=O) groups excluding carboxylic acids is 1. The van der Waals surface area contributed by atoms with Crippen molar-refractivity contribution in [1.29, 1.82) is 0 Å². The fraction of sp³-hybridized carbons (Fsp3) is 0.120. The minimum absolute atomic E-state index is 0.00371. The molecule has 0 radical (unpaired) electrons. The summed E-state index contributed by atoms with van der Waals surface area (Å²) in [4.78, 5) is 24.7. The number of rotatable bonds is 4. The number of benzene rings is 3. The zero-order chi connectivity index (χ0) is 20.4. The Morgan fingerprint density at radius 3 is 2.34 bits per heavy atom. The summed E-state index contributed by atoms with van der Waals surface area (Å²) < 4.78 is 1.82. The molecule has 3 aromatic carbocycles. The summed E-state index contributed by atoms with van der Waals surface area (Å²) in [5.74, 6) is -0.111. The van der Waals surface area contributed by atoms with Gasteiger partial charge in [0.2, 0.25) is 5.91 Å². The number of aromatic nitrogens is 1. The van der Waals surface area contributed by atoms with Crippen molar-refractivity contribution in [3.05, 3.63) is 100 Å². The monoisotopic (exact) mass is 382 g/mol. The second kappa shape index (κ2) is 7.76. The number of hydrogen-bond acceptors (Lipinski definition) is 2. The first kappa shape index (κ1) is 18.7. The smallest absolute Gasteiger partial charge is 0.259 e. The average Bonchev–Trinajstić information content (AvgIpc) is 2.71. The van der Waals surface area contributed by atoms with Crippen LogP contribution in [0.25, 0.3) is 22.0 Å². The molecule has 1 N–H and O–H groups in total. The molecule has 0 saturated heterocycles. The van der Waals surface area contributed by atoms with E-state index in [0.717, 1.165) is 38.8 Å². The molecular weight excluding hydrogens is 360 g/mol. The Balaban J connectivity index is 1.89. The van der Waals surface area contributed by atoms with Crippen LogP contribution in [0.15, 0.2) is 83.7 Å². The number of pyridine rings is 1. The van der Waals surface area contributed by atoms with Gasteiger partial charge in [0.1, 0.15) is 0 Å². The van der Waals surface area contributed by atoms with Crippen molar-refractivity contribution >= 4 is 22.4 Å². The van der Waals surface area contributed by atoms with E-state index in [1.807, 2.05) is 84.3 Å². The highest BCUT2D eigenvalue weighted by atomic mass is 16.1. The van der Waals surface area contributed by atoms with Gasteiger partial charge in [-0.25, -0.2) is 0 Å². The zero-order valence-electron chi connectivity index (χ0n) is 16.5. The van der Waals surface area contributed by atoms with Crippen molar-refractivity contribution in [2.45, 2.75) is 20.4 Å². The van der Waals surface area contributed by atoms with Gasteiger partial charge in [0.25, 0.3) is 5.56 Å². The number of nitrogens with zero attached hydrogens (tertiary/aromatic N) is 1. The number of nitrogens with one attached hydrogen (secondary N) is 1. The van der Waals surface area contributed by atoms with Crippen LogP contribution in [-0.4, -0.2) is 10.5 Å². The molecule has 29 heavy (non-hydrogen) atoms. The number of fused-ring (bicyclic) bond motifs is 1. The van der Waals surface area contributed by atoms with Gasteiger partial charge < -0.3 is 9.88 Å². The van der Waals surface area contributed by atoms with E-state index in [1.54, 1.807) is 0 Å². The molecule has 4 heteroatoms. The Morgan fingerprint density at radius 1 is 0.931 bits per heavy atom. The van der Waals surface area contributed by atoms with Gasteiger partial charge in [-0.2, -0.15) is 0 Å². The first-order valence-corrected chi connectivity index (χ1v) is 9.57. The summed E-state index contributed by atoms with van der Waals surface area (Å²) in [6.07, 6.45) is 0. The quantitative estimate of drug-likeness (QED) is 0.541. The van der Waals surface area contributed by atoms with E-state index < -0.39 is 0 Å². The highest BCUT2D eigenvalue weighted by Crippen LogP contribution is 2.25. The topological polar surface area (TPSA) is 51.1 Å². The van der Waals surface area contributed by atoms with Crippen LogP contribution in [-0.2, 0) is 11.3 Å². The molecule has 0 saturated carbocycles. The van der Waals surface area contributed by atoms with Crippen molar-refractivity contribution in [3.63, 3.8) is 0 Å². The maximum Gasteiger partial charge on any atom is 0.259 e. The average molecular weight is 382 g/mol. The lowest BCUT2D eigenvalue weighted by molar-refractivity contribution is -0.114. The molecule has 0 atom stereocenters. The van der Waals surface area contributed by atoms with Gasteiger partial charge >= 0.3 is 0 Å². The number of hydrogen-bond donors (Lipinski definition) is 1. The third-order valence-electron chi connectivity index (χ3n) is 4.95. The molecule has 1 amide bonds. The lowest BCUT2D eigenvalue weighted by Gasteiger charge is -2.16. The highest BCUT2D eigenvalue weighted by molar-refractivity contribution is 5.89. The van der Waals surface area contributed by atoms with E-state index in [2.05, 4.69) is 11.4 Å². The molecule has 0 aliphatic rings.